The van der Waals surface area contributed by atoms with E-state index in [1.54, 1.807) is 9.80 Å². The number of hydrogen-bond donors (Lipinski definition) is 1. The summed E-state index contributed by atoms with van der Waals surface area (Å²) in [6.45, 7) is 7.98. The monoisotopic (exact) mass is 330 g/mol. The van der Waals surface area contributed by atoms with Gasteiger partial charge in [0.1, 0.15) is 6.61 Å². The van der Waals surface area contributed by atoms with Gasteiger partial charge in [-0.3, -0.25) is 9.59 Å². The molecule has 2 atom stereocenters. The van der Waals surface area contributed by atoms with Crippen molar-refractivity contribution in [2.24, 2.45) is 0 Å². The molecule has 0 spiro atoms. The number of aliphatic hydroxyl groups is 1. The maximum absolute atomic E-state index is 12.1. The summed E-state index contributed by atoms with van der Waals surface area (Å²) in [7, 11) is 0. The minimum absolute atomic E-state index is 0.0176. The number of aliphatic hydroxyl groups excluding tert-OH is 1. The molecule has 23 heavy (non-hydrogen) atoms. The van der Waals surface area contributed by atoms with E-state index in [2.05, 4.69) is 0 Å². The fraction of sp³-hybridized carbons (Fsp3) is 0.875. The molecule has 1 N–H and O–H groups in total. The summed E-state index contributed by atoms with van der Waals surface area (Å²) in [6.07, 6.45) is 1.13. The molecule has 0 saturated carbocycles. The molecule has 1 fully saturated rings. The lowest BCUT2D eigenvalue weighted by Gasteiger charge is -2.36. The Kier molecular flexibility index (Phi) is 9.13. The Morgan fingerprint density at radius 1 is 1.22 bits per heavy atom. The lowest BCUT2D eigenvalue weighted by Crippen LogP contribution is -2.52. The van der Waals surface area contributed by atoms with E-state index in [-0.39, 0.29) is 37.7 Å². The minimum atomic E-state index is -0.395. The van der Waals surface area contributed by atoms with Crippen LogP contribution in [0.4, 0.5) is 0 Å². The predicted molar refractivity (Wildman–Crippen MR) is 86.0 cm³/mol. The molecule has 0 aliphatic carbocycles. The Labute approximate surface area is 138 Å². The zero-order chi connectivity index (χ0) is 17.2. The first kappa shape index (κ1) is 19.9. The molecule has 7 heteroatoms. The summed E-state index contributed by atoms with van der Waals surface area (Å²) in [6, 6.07) is 0. The van der Waals surface area contributed by atoms with Crippen molar-refractivity contribution in [3.05, 3.63) is 0 Å². The number of nitrogens with zero attached hydrogens (tertiary/aromatic N) is 2. The number of ether oxygens (including phenoxy) is 2. The van der Waals surface area contributed by atoms with Gasteiger partial charge in [0.2, 0.25) is 11.8 Å². The van der Waals surface area contributed by atoms with Gasteiger partial charge < -0.3 is 24.4 Å². The van der Waals surface area contributed by atoms with Gasteiger partial charge >= 0.3 is 0 Å². The van der Waals surface area contributed by atoms with Gasteiger partial charge in [0.15, 0.2) is 0 Å². The predicted octanol–water partition coefficient (Wildman–Crippen LogP) is 0.260. The van der Waals surface area contributed by atoms with E-state index in [9.17, 15) is 14.7 Å². The Hall–Kier alpha value is -1.18. The molecule has 0 aromatic rings. The van der Waals surface area contributed by atoms with E-state index in [0.29, 0.717) is 13.1 Å². The van der Waals surface area contributed by atoms with Crippen LogP contribution in [0.3, 0.4) is 0 Å². The molecule has 1 heterocycles. The molecular weight excluding hydrogens is 300 g/mol. The molecule has 2 amide bonds. The first-order valence-electron chi connectivity index (χ1n) is 8.39. The van der Waals surface area contributed by atoms with Crippen LogP contribution in [0.1, 0.15) is 33.6 Å². The molecule has 134 valence electrons. The van der Waals surface area contributed by atoms with Crippen LogP contribution in [0.25, 0.3) is 0 Å². The average molecular weight is 330 g/mol. The second kappa shape index (κ2) is 10.6. The lowest BCUT2D eigenvalue weighted by atomic mass is 10.2. The van der Waals surface area contributed by atoms with Crippen molar-refractivity contribution >= 4 is 11.8 Å². The molecule has 7 nitrogen and oxygen atoms in total. The third kappa shape index (κ3) is 6.85. The number of morpholine rings is 1. The zero-order valence-corrected chi connectivity index (χ0v) is 14.5. The van der Waals surface area contributed by atoms with Crippen molar-refractivity contribution in [1.82, 2.24) is 9.80 Å². The number of hydrogen-bond acceptors (Lipinski definition) is 5. The first-order chi connectivity index (χ1) is 11.0. The average Bonchev–Trinajstić information content (AvgIpc) is 2.54. The van der Waals surface area contributed by atoms with Gasteiger partial charge in [-0.05, 0) is 12.8 Å². The van der Waals surface area contributed by atoms with Crippen LogP contribution >= 0.6 is 0 Å². The highest BCUT2D eigenvalue weighted by molar-refractivity contribution is 5.77. The Morgan fingerprint density at radius 2 is 1.83 bits per heavy atom. The Bertz CT molecular complexity index is 371. The second-order valence-corrected chi connectivity index (χ2v) is 5.88. The lowest BCUT2D eigenvalue weighted by molar-refractivity contribution is -0.156. The summed E-state index contributed by atoms with van der Waals surface area (Å²) in [4.78, 5) is 27.1. The van der Waals surface area contributed by atoms with Gasteiger partial charge in [0.05, 0.1) is 25.4 Å². The second-order valence-electron chi connectivity index (χ2n) is 5.88. The number of carbonyl (C=O) groups is 2. The quantitative estimate of drug-likeness (QED) is 0.656. The van der Waals surface area contributed by atoms with Crippen LogP contribution in [0.5, 0.6) is 0 Å². The number of amides is 2. The molecule has 0 aromatic heterocycles. The topological polar surface area (TPSA) is 79.3 Å². The highest BCUT2D eigenvalue weighted by Crippen LogP contribution is 2.12. The summed E-state index contributed by atoms with van der Waals surface area (Å²) < 4.78 is 11.2. The number of carbonyl (C=O) groups excluding carboxylic acids is 2. The first-order valence-corrected chi connectivity index (χ1v) is 8.39. The van der Waals surface area contributed by atoms with Crippen molar-refractivity contribution < 1.29 is 24.2 Å². The van der Waals surface area contributed by atoms with Gasteiger partial charge in [-0.15, -0.1) is 0 Å². The standard InChI is InChI=1S/C16H30N2O5/c1-4-6-17(7-5-2)16(21)12-22-11-15-9-18(13(3)20)8-14(10-19)23-15/h14-15,19H,4-12H2,1-3H3. The molecule has 1 aliphatic rings. The zero-order valence-electron chi connectivity index (χ0n) is 14.5. The van der Waals surface area contributed by atoms with Crippen LogP contribution in [0.2, 0.25) is 0 Å². The normalized spacial score (nSPS) is 21.3. The molecular formula is C16H30N2O5. The molecule has 1 rings (SSSR count). The molecule has 1 aliphatic heterocycles. The largest absolute Gasteiger partial charge is 0.394 e. The van der Waals surface area contributed by atoms with E-state index in [4.69, 9.17) is 9.47 Å². The highest BCUT2D eigenvalue weighted by Gasteiger charge is 2.29. The highest BCUT2D eigenvalue weighted by atomic mass is 16.5. The van der Waals surface area contributed by atoms with Gasteiger partial charge in [-0.25, -0.2) is 0 Å². The van der Waals surface area contributed by atoms with Crippen LogP contribution in [-0.2, 0) is 19.1 Å². The Balaban J connectivity index is 2.40. The fourth-order valence-corrected chi connectivity index (χ4v) is 2.64. The van der Waals surface area contributed by atoms with Gasteiger partial charge in [-0.2, -0.15) is 0 Å². The van der Waals surface area contributed by atoms with Crippen LogP contribution < -0.4 is 0 Å². The van der Waals surface area contributed by atoms with E-state index in [1.165, 1.54) is 6.92 Å². The maximum Gasteiger partial charge on any atom is 0.248 e. The summed E-state index contributed by atoms with van der Waals surface area (Å²) in [5.41, 5.74) is 0. The van der Waals surface area contributed by atoms with Crippen molar-refractivity contribution in [3.8, 4) is 0 Å². The number of rotatable bonds is 9. The smallest absolute Gasteiger partial charge is 0.248 e. The van der Waals surface area contributed by atoms with Gasteiger partial charge in [0.25, 0.3) is 0 Å². The Morgan fingerprint density at radius 3 is 2.35 bits per heavy atom. The van der Waals surface area contributed by atoms with Gasteiger partial charge in [-0.1, -0.05) is 13.8 Å². The molecule has 2 unspecified atom stereocenters. The maximum atomic E-state index is 12.1. The van der Waals surface area contributed by atoms with Crippen molar-refractivity contribution in [3.63, 3.8) is 0 Å². The van der Waals surface area contributed by atoms with E-state index >= 15 is 0 Å². The summed E-state index contributed by atoms with van der Waals surface area (Å²) in [5, 5.41) is 9.25. The van der Waals surface area contributed by atoms with Gasteiger partial charge in [0, 0.05) is 33.1 Å². The third-order valence-corrected chi connectivity index (χ3v) is 3.75. The van der Waals surface area contributed by atoms with E-state index < -0.39 is 6.10 Å². The molecule has 0 radical (unpaired) electrons. The minimum Gasteiger partial charge on any atom is -0.394 e. The molecule has 0 bridgehead atoms. The third-order valence-electron chi connectivity index (χ3n) is 3.75. The summed E-state index contributed by atoms with van der Waals surface area (Å²) >= 11 is 0. The van der Waals surface area contributed by atoms with Crippen molar-refractivity contribution in [2.45, 2.75) is 45.8 Å². The fourth-order valence-electron chi connectivity index (χ4n) is 2.64. The van der Waals surface area contributed by atoms with E-state index in [0.717, 1.165) is 25.9 Å². The van der Waals surface area contributed by atoms with Crippen LogP contribution in [0, 0.1) is 0 Å². The summed E-state index contributed by atoms with van der Waals surface area (Å²) in [5.74, 6) is -0.0727. The SMILES string of the molecule is CCCN(CCC)C(=O)COCC1CN(C(C)=O)CC(CO)O1. The molecule has 0 aromatic carbocycles. The van der Waals surface area contributed by atoms with Crippen molar-refractivity contribution in [2.75, 3.05) is 46.0 Å². The van der Waals surface area contributed by atoms with Crippen molar-refractivity contribution in [1.29, 1.82) is 0 Å². The molecule has 1 saturated heterocycles. The van der Waals surface area contributed by atoms with Crippen LogP contribution in [0.15, 0.2) is 0 Å². The van der Waals surface area contributed by atoms with E-state index in [1.807, 2.05) is 13.8 Å². The van der Waals surface area contributed by atoms with Crippen LogP contribution in [-0.4, -0.2) is 84.9 Å².